The van der Waals surface area contributed by atoms with Crippen molar-refractivity contribution in [2.45, 2.75) is 19.4 Å². The number of anilines is 1. The summed E-state index contributed by atoms with van der Waals surface area (Å²) in [6.45, 7) is 1.92. The van der Waals surface area contributed by atoms with Crippen molar-refractivity contribution in [3.05, 3.63) is 29.8 Å². The van der Waals surface area contributed by atoms with E-state index in [1.54, 1.807) is 13.1 Å². The van der Waals surface area contributed by atoms with E-state index >= 15 is 0 Å². The summed E-state index contributed by atoms with van der Waals surface area (Å²) in [4.78, 5) is 0. The van der Waals surface area contributed by atoms with Crippen molar-refractivity contribution in [2.24, 2.45) is 5.73 Å². The van der Waals surface area contributed by atoms with Gasteiger partial charge in [-0.2, -0.15) is 0 Å². The number of nitrogens with two attached hydrogens (primary N) is 1. The molecule has 0 bridgehead atoms. The van der Waals surface area contributed by atoms with E-state index in [-0.39, 0.29) is 6.04 Å². The zero-order valence-corrected chi connectivity index (χ0v) is 10.7. The van der Waals surface area contributed by atoms with Crippen molar-refractivity contribution < 1.29 is 8.42 Å². The Labute approximate surface area is 97.1 Å². The second-order valence-electron chi connectivity index (χ2n) is 4.08. The molecule has 2 N–H and O–H groups in total. The lowest BCUT2D eigenvalue weighted by Crippen LogP contribution is -2.25. The molecule has 90 valence electrons. The highest BCUT2D eigenvalue weighted by molar-refractivity contribution is 7.92. The number of nitrogens with zero attached hydrogens (tertiary/aromatic N) is 1. The molecule has 0 aromatic heterocycles. The Morgan fingerprint density at radius 2 is 2.06 bits per heavy atom. The van der Waals surface area contributed by atoms with Gasteiger partial charge < -0.3 is 5.73 Å². The van der Waals surface area contributed by atoms with Gasteiger partial charge in [0, 0.05) is 13.1 Å². The highest BCUT2D eigenvalue weighted by Crippen LogP contribution is 2.17. The summed E-state index contributed by atoms with van der Waals surface area (Å²) in [5.74, 6) is 0. The largest absolute Gasteiger partial charge is 0.328 e. The minimum absolute atomic E-state index is 0.0683. The Morgan fingerprint density at radius 3 is 2.56 bits per heavy atom. The molecule has 4 nitrogen and oxygen atoms in total. The van der Waals surface area contributed by atoms with E-state index in [2.05, 4.69) is 0 Å². The smallest absolute Gasteiger partial charge is 0.231 e. The molecule has 5 heteroatoms. The lowest BCUT2D eigenvalue weighted by Gasteiger charge is -2.17. The highest BCUT2D eigenvalue weighted by Gasteiger charge is 2.12. The first-order valence-corrected chi connectivity index (χ1v) is 6.94. The Balaban J connectivity index is 2.99. The number of rotatable bonds is 4. The summed E-state index contributed by atoms with van der Waals surface area (Å²) in [6, 6.07) is 7.48. The number of hydrogen-bond donors (Lipinski definition) is 1. The van der Waals surface area contributed by atoms with Crippen LogP contribution in [0.15, 0.2) is 24.3 Å². The molecular formula is C11H18N2O2S. The zero-order valence-electron chi connectivity index (χ0n) is 9.84. The molecular weight excluding hydrogens is 224 g/mol. The van der Waals surface area contributed by atoms with Gasteiger partial charge in [-0.15, -0.1) is 0 Å². The molecule has 1 atom stereocenters. The highest BCUT2D eigenvalue weighted by atomic mass is 32.2. The number of hydrogen-bond acceptors (Lipinski definition) is 3. The van der Waals surface area contributed by atoms with Crippen LogP contribution in [-0.4, -0.2) is 27.8 Å². The number of sulfonamides is 1. The molecule has 1 aromatic carbocycles. The van der Waals surface area contributed by atoms with Crippen molar-refractivity contribution in [3.63, 3.8) is 0 Å². The first kappa shape index (κ1) is 13.0. The summed E-state index contributed by atoms with van der Waals surface area (Å²) < 4.78 is 24.0. The van der Waals surface area contributed by atoms with Crippen LogP contribution in [-0.2, 0) is 16.4 Å². The van der Waals surface area contributed by atoms with Crippen LogP contribution in [0.4, 0.5) is 5.69 Å². The average molecular weight is 242 g/mol. The normalized spacial score (nSPS) is 13.5. The average Bonchev–Trinajstić information content (AvgIpc) is 2.14. The summed E-state index contributed by atoms with van der Waals surface area (Å²) in [6.07, 6.45) is 1.93. The summed E-state index contributed by atoms with van der Waals surface area (Å²) in [5.41, 5.74) is 7.42. The minimum atomic E-state index is -3.20. The lowest BCUT2D eigenvalue weighted by atomic mass is 10.1. The van der Waals surface area contributed by atoms with Gasteiger partial charge in [0.15, 0.2) is 0 Å². The molecule has 16 heavy (non-hydrogen) atoms. The van der Waals surface area contributed by atoms with E-state index in [0.29, 0.717) is 5.69 Å². The molecule has 0 aliphatic rings. The van der Waals surface area contributed by atoms with Gasteiger partial charge in [-0.1, -0.05) is 12.1 Å². The van der Waals surface area contributed by atoms with Crippen molar-refractivity contribution in [1.29, 1.82) is 0 Å². The van der Waals surface area contributed by atoms with Crippen LogP contribution in [0.25, 0.3) is 0 Å². The topological polar surface area (TPSA) is 63.4 Å². The van der Waals surface area contributed by atoms with Crippen molar-refractivity contribution in [2.75, 3.05) is 17.6 Å². The molecule has 0 amide bonds. The van der Waals surface area contributed by atoms with E-state index in [9.17, 15) is 8.42 Å². The maximum atomic E-state index is 11.4. The van der Waals surface area contributed by atoms with E-state index in [4.69, 9.17) is 5.73 Å². The van der Waals surface area contributed by atoms with Crippen LogP contribution in [0.2, 0.25) is 0 Å². The van der Waals surface area contributed by atoms with Crippen LogP contribution in [0.1, 0.15) is 12.5 Å². The van der Waals surface area contributed by atoms with E-state index in [1.807, 2.05) is 25.1 Å². The molecule has 0 radical (unpaired) electrons. The van der Waals surface area contributed by atoms with Crippen LogP contribution in [0.5, 0.6) is 0 Å². The van der Waals surface area contributed by atoms with Gasteiger partial charge in [0.1, 0.15) is 0 Å². The Morgan fingerprint density at radius 1 is 1.44 bits per heavy atom. The van der Waals surface area contributed by atoms with Crippen LogP contribution < -0.4 is 10.0 Å². The van der Waals surface area contributed by atoms with Gasteiger partial charge in [-0.25, -0.2) is 8.42 Å². The summed E-state index contributed by atoms with van der Waals surface area (Å²) >= 11 is 0. The Kier molecular flexibility index (Phi) is 3.93. The molecule has 0 spiro atoms. The Hall–Kier alpha value is -1.07. The third kappa shape index (κ3) is 3.50. The van der Waals surface area contributed by atoms with Gasteiger partial charge >= 0.3 is 0 Å². The summed E-state index contributed by atoms with van der Waals surface area (Å²) in [5, 5.41) is 0. The van der Waals surface area contributed by atoms with Gasteiger partial charge in [-0.05, 0) is 31.0 Å². The first-order chi connectivity index (χ1) is 7.30. The standard InChI is InChI=1S/C11H18N2O2S/c1-9(12)7-10-5-4-6-11(8-10)13(2)16(3,14)15/h4-6,8-9H,7,12H2,1-3H3. The lowest BCUT2D eigenvalue weighted by molar-refractivity contribution is 0.600. The van der Waals surface area contributed by atoms with Crippen LogP contribution in [0.3, 0.4) is 0 Å². The maximum Gasteiger partial charge on any atom is 0.231 e. The molecule has 1 unspecified atom stereocenters. The van der Waals surface area contributed by atoms with Gasteiger partial charge in [0.05, 0.1) is 11.9 Å². The molecule has 0 fully saturated rings. The maximum absolute atomic E-state index is 11.4. The second-order valence-corrected chi connectivity index (χ2v) is 6.10. The van der Waals surface area contributed by atoms with E-state index < -0.39 is 10.0 Å². The second kappa shape index (κ2) is 4.84. The predicted molar refractivity (Wildman–Crippen MR) is 67.0 cm³/mol. The molecule has 1 aromatic rings. The summed E-state index contributed by atoms with van der Waals surface area (Å²) in [7, 11) is -1.66. The van der Waals surface area contributed by atoms with E-state index in [1.165, 1.54) is 10.6 Å². The zero-order chi connectivity index (χ0) is 12.3. The van der Waals surface area contributed by atoms with Crippen molar-refractivity contribution >= 4 is 15.7 Å². The van der Waals surface area contributed by atoms with Gasteiger partial charge in [0.2, 0.25) is 10.0 Å². The van der Waals surface area contributed by atoms with Crippen molar-refractivity contribution in [1.82, 2.24) is 0 Å². The first-order valence-electron chi connectivity index (χ1n) is 5.09. The third-order valence-electron chi connectivity index (χ3n) is 2.33. The SMILES string of the molecule is CC(N)Cc1cccc(N(C)S(C)(=O)=O)c1. The Bertz CT molecular complexity index is 455. The molecule has 0 saturated heterocycles. The van der Waals surface area contributed by atoms with E-state index in [0.717, 1.165) is 12.0 Å². The monoisotopic (exact) mass is 242 g/mol. The molecule has 0 heterocycles. The number of benzene rings is 1. The fourth-order valence-electron chi connectivity index (χ4n) is 1.44. The molecule has 0 aliphatic heterocycles. The molecule has 1 rings (SSSR count). The van der Waals surface area contributed by atoms with Gasteiger partial charge in [0.25, 0.3) is 0 Å². The van der Waals surface area contributed by atoms with Crippen molar-refractivity contribution in [3.8, 4) is 0 Å². The predicted octanol–water partition coefficient (Wildman–Crippen LogP) is 0.972. The molecule has 0 aliphatic carbocycles. The van der Waals surface area contributed by atoms with Gasteiger partial charge in [-0.3, -0.25) is 4.31 Å². The fourth-order valence-corrected chi connectivity index (χ4v) is 1.94. The fraction of sp³-hybridized carbons (Fsp3) is 0.455. The third-order valence-corrected chi connectivity index (χ3v) is 3.54. The quantitative estimate of drug-likeness (QED) is 0.855. The molecule has 0 saturated carbocycles. The van der Waals surface area contributed by atoms with Crippen LogP contribution in [0, 0.1) is 0 Å². The minimum Gasteiger partial charge on any atom is -0.328 e. The van der Waals surface area contributed by atoms with Crippen LogP contribution >= 0.6 is 0 Å².